The van der Waals surface area contributed by atoms with Crippen LogP contribution in [-0.4, -0.2) is 0 Å². The number of fused-ring (bicyclic) bond motifs is 6. The van der Waals surface area contributed by atoms with Crippen LogP contribution in [-0.2, 0) is 0 Å². The molecule has 10 aromatic carbocycles. The number of hydrogen-bond donors (Lipinski definition) is 0. The Morgan fingerprint density at radius 1 is 0.226 bits per heavy atom. The van der Waals surface area contributed by atoms with Crippen LogP contribution >= 0.6 is 0 Å². The monoisotopic (exact) mass is 673 g/mol. The van der Waals surface area contributed by atoms with Gasteiger partial charge < -0.3 is 4.90 Å². The molecule has 0 atom stereocenters. The van der Waals surface area contributed by atoms with Gasteiger partial charge in [-0.1, -0.05) is 170 Å². The van der Waals surface area contributed by atoms with Crippen molar-refractivity contribution in [1.29, 1.82) is 0 Å². The molecule has 0 amide bonds. The van der Waals surface area contributed by atoms with Crippen molar-refractivity contribution in [2.75, 3.05) is 4.90 Å². The highest BCUT2D eigenvalue weighted by molar-refractivity contribution is 6.09. The number of nitrogens with zero attached hydrogens (tertiary/aromatic N) is 1. The van der Waals surface area contributed by atoms with Crippen LogP contribution in [0.2, 0.25) is 0 Å². The second-order valence-electron chi connectivity index (χ2n) is 13.8. The number of rotatable bonds is 6. The van der Waals surface area contributed by atoms with Crippen LogP contribution < -0.4 is 4.90 Å². The second kappa shape index (κ2) is 13.0. The fraction of sp³-hybridized carbons (Fsp3) is 0. The van der Waals surface area contributed by atoms with Crippen LogP contribution in [0.15, 0.2) is 212 Å². The standard InChI is InChI=1S/C52H35N/c1-2-11-37(12-3-1)47-19-8-9-20-50(47)41-15-10-16-45(34-41)53(46-30-32-52-43(35-46)24-22-39-14-5-7-18-49(39)52)44-28-25-36(26-29-44)40-27-31-51-42(33-40)23-21-38-13-4-6-17-48(38)51/h1-35H. The third-order valence-corrected chi connectivity index (χ3v) is 10.6. The van der Waals surface area contributed by atoms with E-state index < -0.39 is 0 Å². The van der Waals surface area contributed by atoms with Crippen molar-refractivity contribution in [2.24, 2.45) is 0 Å². The average Bonchev–Trinajstić information content (AvgIpc) is 3.24. The fourth-order valence-electron chi connectivity index (χ4n) is 8.00. The molecule has 10 rings (SSSR count). The van der Waals surface area contributed by atoms with Gasteiger partial charge in [0.25, 0.3) is 0 Å². The molecule has 0 N–H and O–H groups in total. The van der Waals surface area contributed by atoms with Crippen molar-refractivity contribution >= 4 is 60.2 Å². The van der Waals surface area contributed by atoms with Gasteiger partial charge in [0, 0.05) is 17.1 Å². The maximum absolute atomic E-state index is 2.39. The highest BCUT2D eigenvalue weighted by Crippen LogP contribution is 2.41. The number of hydrogen-bond acceptors (Lipinski definition) is 1. The molecule has 0 unspecified atom stereocenters. The van der Waals surface area contributed by atoms with E-state index in [0.717, 1.165) is 17.1 Å². The van der Waals surface area contributed by atoms with Gasteiger partial charge in [-0.25, -0.2) is 0 Å². The van der Waals surface area contributed by atoms with Gasteiger partial charge in [0.05, 0.1) is 0 Å². The van der Waals surface area contributed by atoms with Crippen LogP contribution in [0, 0.1) is 0 Å². The fourth-order valence-corrected chi connectivity index (χ4v) is 8.00. The molecule has 0 spiro atoms. The van der Waals surface area contributed by atoms with Gasteiger partial charge in [0.2, 0.25) is 0 Å². The van der Waals surface area contributed by atoms with Gasteiger partial charge >= 0.3 is 0 Å². The van der Waals surface area contributed by atoms with Gasteiger partial charge in [-0.3, -0.25) is 0 Å². The predicted molar refractivity (Wildman–Crippen MR) is 227 cm³/mol. The summed E-state index contributed by atoms with van der Waals surface area (Å²) < 4.78 is 0. The average molecular weight is 674 g/mol. The van der Waals surface area contributed by atoms with Crippen LogP contribution in [0.4, 0.5) is 17.1 Å². The molecule has 0 heterocycles. The molecule has 0 aromatic heterocycles. The first-order valence-corrected chi connectivity index (χ1v) is 18.3. The SMILES string of the molecule is c1ccc(-c2ccccc2-c2cccc(N(c3ccc(-c4ccc5c(ccc6ccccc65)c4)cc3)c3ccc4c(ccc5ccccc54)c3)c2)cc1. The zero-order valence-electron chi connectivity index (χ0n) is 29.2. The van der Waals surface area contributed by atoms with Gasteiger partial charge in [0.15, 0.2) is 0 Å². The Bertz CT molecular complexity index is 2940. The summed E-state index contributed by atoms with van der Waals surface area (Å²) in [6.07, 6.45) is 0. The first-order chi connectivity index (χ1) is 26.3. The Labute approximate surface area is 309 Å². The van der Waals surface area contributed by atoms with Gasteiger partial charge in [0.1, 0.15) is 0 Å². The molecular weight excluding hydrogens is 639 g/mol. The Kier molecular flexibility index (Phi) is 7.55. The van der Waals surface area contributed by atoms with Gasteiger partial charge in [-0.05, 0) is 119 Å². The molecule has 0 fully saturated rings. The molecule has 0 bridgehead atoms. The minimum Gasteiger partial charge on any atom is -0.310 e. The molecule has 0 radical (unpaired) electrons. The van der Waals surface area contributed by atoms with E-state index in [9.17, 15) is 0 Å². The lowest BCUT2D eigenvalue weighted by Crippen LogP contribution is -2.10. The topological polar surface area (TPSA) is 3.24 Å². The van der Waals surface area contributed by atoms with Gasteiger partial charge in [-0.15, -0.1) is 0 Å². The molecule has 1 heteroatoms. The van der Waals surface area contributed by atoms with Crippen molar-refractivity contribution in [3.63, 3.8) is 0 Å². The molecule has 248 valence electrons. The van der Waals surface area contributed by atoms with Crippen LogP contribution in [0.25, 0.3) is 76.5 Å². The maximum atomic E-state index is 2.39. The quantitative estimate of drug-likeness (QED) is 0.159. The molecule has 1 nitrogen and oxygen atoms in total. The molecule has 0 saturated heterocycles. The van der Waals surface area contributed by atoms with Crippen LogP contribution in [0.1, 0.15) is 0 Å². The summed E-state index contributed by atoms with van der Waals surface area (Å²) in [4.78, 5) is 2.39. The van der Waals surface area contributed by atoms with E-state index in [-0.39, 0.29) is 0 Å². The minimum atomic E-state index is 1.11. The van der Waals surface area contributed by atoms with E-state index in [4.69, 9.17) is 0 Å². The molecule has 0 aliphatic carbocycles. The number of benzene rings is 10. The Morgan fingerprint density at radius 3 is 1.43 bits per heavy atom. The van der Waals surface area contributed by atoms with Crippen molar-refractivity contribution in [2.45, 2.75) is 0 Å². The first-order valence-electron chi connectivity index (χ1n) is 18.3. The smallest absolute Gasteiger partial charge is 0.0468 e. The normalized spacial score (nSPS) is 11.4. The zero-order valence-corrected chi connectivity index (χ0v) is 29.2. The lowest BCUT2D eigenvalue weighted by molar-refractivity contribution is 1.29. The first kappa shape index (κ1) is 30.8. The molecule has 53 heavy (non-hydrogen) atoms. The summed E-state index contributed by atoms with van der Waals surface area (Å²) in [7, 11) is 0. The van der Waals surface area contributed by atoms with E-state index in [1.807, 2.05) is 0 Å². The number of anilines is 3. The second-order valence-corrected chi connectivity index (χ2v) is 13.8. The van der Waals surface area contributed by atoms with Crippen molar-refractivity contribution < 1.29 is 0 Å². The highest BCUT2D eigenvalue weighted by Gasteiger charge is 2.16. The Hall–Kier alpha value is -6.96. The Balaban J connectivity index is 1.09. The zero-order chi connectivity index (χ0) is 35.1. The lowest BCUT2D eigenvalue weighted by Gasteiger charge is -2.27. The van der Waals surface area contributed by atoms with Crippen molar-refractivity contribution in [3.05, 3.63) is 212 Å². The van der Waals surface area contributed by atoms with E-state index in [0.29, 0.717) is 0 Å². The molecule has 0 saturated carbocycles. The van der Waals surface area contributed by atoms with E-state index >= 15 is 0 Å². The Morgan fingerprint density at radius 2 is 0.717 bits per heavy atom. The summed E-state index contributed by atoms with van der Waals surface area (Å²) >= 11 is 0. The summed E-state index contributed by atoms with van der Waals surface area (Å²) in [6.45, 7) is 0. The minimum absolute atomic E-state index is 1.11. The van der Waals surface area contributed by atoms with Crippen molar-refractivity contribution in [3.8, 4) is 33.4 Å². The predicted octanol–water partition coefficient (Wildman–Crippen LogP) is 14.8. The molecular formula is C52H35N. The summed E-state index contributed by atoms with van der Waals surface area (Å²) in [5.74, 6) is 0. The summed E-state index contributed by atoms with van der Waals surface area (Å²) in [6, 6.07) is 77.3. The van der Waals surface area contributed by atoms with E-state index in [1.54, 1.807) is 0 Å². The summed E-state index contributed by atoms with van der Waals surface area (Å²) in [5.41, 5.74) is 10.6. The largest absolute Gasteiger partial charge is 0.310 e. The molecule has 0 aliphatic rings. The third-order valence-electron chi connectivity index (χ3n) is 10.6. The summed E-state index contributed by atoms with van der Waals surface area (Å²) in [5, 5.41) is 10.1. The van der Waals surface area contributed by atoms with Crippen LogP contribution in [0.5, 0.6) is 0 Å². The molecule has 0 aliphatic heterocycles. The highest BCUT2D eigenvalue weighted by atomic mass is 15.1. The van der Waals surface area contributed by atoms with E-state index in [1.165, 1.54) is 76.5 Å². The third kappa shape index (κ3) is 5.60. The van der Waals surface area contributed by atoms with Gasteiger partial charge in [-0.2, -0.15) is 0 Å². The molecule has 10 aromatic rings. The lowest BCUT2D eigenvalue weighted by atomic mass is 9.94. The van der Waals surface area contributed by atoms with E-state index in [2.05, 4.69) is 217 Å². The van der Waals surface area contributed by atoms with Crippen molar-refractivity contribution in [1.82, 2.24) is 0 Å². The van der Waals surface area contributed by atoms with Crippen LogP contribution in [0.3, 0.4) is 0 Å². The maximum Gasteiger partial charge on any atom is 0.0468 e.